The van der Waals surface area contributed by atoms with E-state index in [0.717, 1.165) is 5.52 Å². The van der Waals surface area contributed by atoms with Crippen molar-refractivity contribution in [1.82, 2.24) is 9.97 Å². The van der Waals surface area contributed by atoms with Crippen molar-refractivity contribution in [2.24, 2.45) is 0 Å². The molecule has 2 rings (SSSR count). The fraction of sp³-hybridized carbons (Fsp3) is 0.182. The number of benzene rings is 1. The van der Waals surface area contributed by atoms with Gasteiger partial charge in [-0.2, -0.15) is 0 Å². The van der Waals surface area contributed by atoms with Gasteiger partial charge in [0.15, 0.2) is 0 Å². The minimum atomic E-state index is -0.486. The lowest BCUT2D eigenvalue weighted by atomic mass is 10.2. The number of ether oxygens (including phenoxy) is 1. The Morgan fingerprint density at radius 1 is 1.38 bits per heavy atom. The number of para-hydroxylation sites is 1. The van der Waals surface area contributed by atoms with Gasteiger partial charge in [-0.1, -0.05) is 6.07 Å². The predicted molar refractivity (Wildman–Crippen MR) is 60.2 cm³/mol. The number of fused-ring (bicyclic) bond motifs is 1. The van der Waals surface area contributed by atoms with Gasteiger partial charge in [-0.3, -0.25) is 15.3 Å². The Labute approximate surface area is 92.5 Å². The molecule has 0 aliphatic heterocycles. The SMILES string of the molecule is CCOC(=O)Nc1cccc2nccnc12. The molecule has 0 aliphatic carbocycles. The van der Waals surface area contributed by atoms with Gasteiger partial charge in [0, 0.05) is 12.4 Å². The van der Waals surface area contributed by atoms with E-state index in [1.54, 1.807) is 31.5 Å². The summed E-state index contributed by atoms with van der Waals surface area (Å²) in [5.74, 6) is 0. The van der Waals surface area contributed by atoms with Crippen LogP contribution < -0.4 is 5.32 Å². The summed E-state index contributed by atoms with van der Waals surface area (Å²) >= 11 is 0. The van der Waals surface area contributed by atoms with Crippen molar-refractivity contribution < 1.29 is 9.53 Å². The maximum atomic E-state index is 11.3. The van der Waals surface area contributed by atoms with Gasteiger partial charge in [-0.05, 0) is 19.1 Å². The highest BCUT2D eigenvalue weighted by Gasteiger charge is 2.06. The molecule has 2 aromatic rings. The van der Waals surface area contributed by atoms with Crippen molar-refractivity contribution in [3.05, 3.63) is 30.6 Å². The van der Waals surface area contributed by atoms with E-state index >= 15 is 0 Å². The second-order valence-electron chi connectivity index (χ2n) is 3.08. The average molecular weight is 217 g/mol. The molecule has 1 aromatic carbocycles. The van der Waals surface area contributed by atoms with Gasteiger partial charge in [0.2, 0.25) is 0 Å². The first kappa shape index (κ1) is 10.4. The summed E-state index contributed by atoms with van der Waals surface area (Å²) in [5, 5.41) is 2.62. The van der Waals surface area contributed by atoms with Crippen LogP contribution in [-0.4, -0.2) is 22.7 Å². The van der Waals surface area contributed by atoms with E-state index in [1.807, 2.05) is 6.07 Å². The van der Waals surface area contributed by atoms with E-state index in [4.69, 9.17) is 4.74 Å². The van der Waals surface area contributed by atoms with E-state index in [-0.39, 0.29) is 0 Å². The quantitative estimate of drug-likeness (QED) is 0.837. The van der Waals surface area contributed by atoms with Crippen LogP contribution in [0.25, 0.3) is 11.0 Å². The normalized spacial score (nSPS) is 10.1. The summed E-state index contributed by atoms with van der Waals surface area (Å²) in [6, 6.07) is 5.39. The number of carbonyl (C=O) groups is 1. The number of nitrogens with one attached hydrogen (secondary N) is 1. The highest BCUT2D eigenvalue weighted by Crippen LogP contribution is 2.18. The summed E-state index contributed by atoms with van der Waals surface area (Å²) < 4.78 is 4.80. The van der Waals surface area contributed by atoms with Gasteiger partial charge in [0.1, 0.15) is 5.52 Å². The zero-order valence-electron chi connectivity index (χ0n) is 8.80. The van der Waals surface area contributed by atoms with Crippen molar-refractivity contribution in [1.29, 1.82) is 0 Å². The van der Waals surface area contributed by atoms with Crippen molar-refractivity contribution >= 4 is 22.8 Å². The maximum absolute atomic E-state index is 11.3. The first-order valence-electron chi connectivity index (χ1n) is 4.94. The van der Waals surface area contributed by atoms with Gasteiger partial charge >= 0.3 is 6.09 Å². The number of rotatable bonds is 2. The zero-order chi connectivity index (χ0) is 11.4. The minimum Gasteiger partial charge on any atom is -0.450 e. The van der Waals surface area contributed by atoms with Gasteiger partial charge in [-0.15, -0.1) is 0 Å². The van der Waals surface area contributed by atoms with Crippen molar-refractivity contribution in [3.63, 3.8) is 0 Å². The molecule has 0 radical (unpaired) electrons. The third-order valence-electron chi connectivity index (χ3n) is 2.01. The topological polar surface area (TPSA) is 64.1 Å². The lowest BCUT2D eigenvalue weighted by molar-refractivity contribution is 0.168. The highest BCUT2D eigenvalue weighted by molar-refractivity contribution is 5.96. The molecule has 0 bridgehead atoms. The fourth-order valence-corrected chi connectivity index (χ4v) is 1.37. The molecule has 5 nitrogen and oxygen atoms in total. The Balaban J connectivity index is 2.33. The molecule has 1 amide bonds. The van der Waals surface area contributed by atoms with E-state index in [9.17, 15) is 4.79 Å². The number of carbonyl (C=O) groups excluding carboxylic acids is 1. The predicted octanol–water partition coefficient (Wildman–Crippen LogP) is 2.20. The van der Waals surface area contributed by atoms with Gasteiger partial charge in [0.25, 0.3) is 0 Å². The average Bonchev–Trinajstić information content (AvgIpc) is 2.30. The summed E-state index contributed by atoms with van der Waals surface area (Å²) in [5.41, 5.74) is 1.99. The van der Waals surface area contributed by atoms with Gasteiger partial charge in [-0.25, -0.2) is 4.79 Å². The standard InChI is InChI=1S/C11H11N3O2/c1-2-16-11(15)14-9-5-3-4-8-10(9)13-7-6-12-8/h3-7H,2H2,1H3,(H,14,15). The Hall–Kier alpha value is -2.17. The van der Waals surface area contributed by atoms with Crippen molar-refractivity contribution in [3.8, 4) is 0 Å². The Bertz CT molecular complexity index is 508. The second kappa shape index (κ2) is 4.57. The molecule has 16 heavy (non-hydrogen) atoms. The number of amides is 1. The lowest BCUT2D eigenvalue weighted by Crippen LogP contribution is -2.13. The molecule has 0 atom stereocenters. The van der Waals surface area contributed by atoms with Crippen LogP contribution >= 0.6 is 0 Å². The van der Waals surface area contributed by atoms with Crippen LogP contribution in [-0.2, 0) is 4.74 Å². The van der Waals surface area contributed by atoms with E-state index in [1.165, 1.54) is 0 Å². The Morgan fingerprint density at radius 2 is 2.19 bits per heavy atom. The highest BCUT2D eigenvalue weighted by atomic mass is 16.5. The summed E-state index contributed by atoms with van der Waals surface area (Å²) in [6.45, 7) is 2.09. The largest absolute Gasteiger partial charge is 0.450 e. The first-order chi connectivity index (χ1) is 7.81. The van der Waals surface area contributed by atoms with Gasteiger partial charge < -0.3 is 4.74 Å². The van der Waals surface area contributed by atoms with Crippen LogP contribution in [0, 0.1) is 0 Å². The van der Waals surface area contributed by atoms with E-state index in [2.05, 4.69) is 15.3 Å². The van der Waals surface area contributed by atoms with Crippen molar-refractivity contribution in [2.75, 3.05) is 11.9 Å². The third kappa shape index (κ3) is 2.08. The molecule has 82 valence electrons. The van der Waals surface area contributed by atoms with Crippen LogP contribution in [0.15, 0.2) is 30.6 Å². The molecule has 1 N–H and O–H groups in total. The smallest absolute Gasteiger partial charge is 0.411 e. The number of aromatic nitrogens is 2. The molecule has 1 aromatic heterocycles. The number of anilines is 1. The first-order valence-corrected chi connectivity index (χ1v) is 4.94. The van der Waals surface area contributed by atoms with E-state index in [0.29, 0.717) is 17.8 Å². The van der Waals surface area contributed by atoms with Crippen LogP contribution in [0.2, 0.25) is 0 Å². The third-order valence-corrected chi connectivity index (χ3v) is 2.01. The maximum Gasteiger partial charge on any atom is 0.411 e. The molecule has 0 unspecified atom stereocenters. The zero-order valence-corrected chi connectivity index (χ0v) is 8.80. The monoisotopic (exact) mass is 217 g/mol. The molecule has 0 aliphatic rings. The fourth-order valence-electron chi connectivity index (χ4n) is 1.37. The molecule has 0 spiro atoms. The molecule has 5 heteroatoms. The van der Waals surface area contributed by atoms with Gasteiger partial charge in [0.05, 0.1) is 17.8 Å². The van der Waals surface area contributed by atoms with E-state index < -0.39 is 6.09 Å². The lowest BCUT2D eigenvalue weighted by Gasteiger charge is -2.06. The van der Waals surface area contributed by atoms with Crippen LogP contribution in [0.3, 0.4) is 0 Å². The summed E-state index contributed by atoms with van der Waals surface area (Å²) in [7, 11) is 0. The van der Waals surface area contributed by atoms with Crippen molar-refractivity contribution in [2.45, 2.75) is 6.92 Å². The van der Waals surface area contributed by atoms with Crippen LogP contribution in [0.1, 0.15) is 6.92 Å². The minimum absolute atomic E-state index is 0.336. The molecular weight excluding hydrogens is 206 g/mol. The summed E-state index contributed by atoms with van der Waals surface area (Å²) in [6.07, 6.45) is 2.70. The molecular formula is C11H11N3O2. The summed E-state index contributed by atoms with van der Waals surface area (Å²) in [4.78, 5) is 19.6. The second-order valence-corrected chi connectivity index (χ2v) is 3.08. The molecule has 0 saturated carbocycles. The molecule has 0 saturated heterocycles. The Morgan fingerprint density at radius 3 is 3.00 bits per heavy atom. The number of hydrogen-bond donors (Lipinski definition) is 1. The van der Waals surface area contributed by atoms with Crippen LogP contribution in [0.5, 0.6) is 0 Å². The molecule has 1 heterocycles. The van der Waals surface area contributed by atoms with Crippen LogP contribution in [0.4, 0.5) is 10.5 Å². The number of hydrogen-bond acceptors (Lipinski definition) is 4. The molecule has 0 fully saturated rings. The Kier molecular flexibility index (Phi) is 2.95. The number of nitrogens with zero attached hydrogens (tertiary/aromatic N) is 2.